The molecule has 0 saturated carbocycles. The summed E-state index contributed by atoms with van der Waals surface area (Å²) >= 11 is 0. The number of furan rings is 1. The fourth-order valence-electron chi connectivity index (χ4n) is 1.77. The molecule has 0 fully saturated rings. The van der Waals surface area contributed by atoms with Crippen molar-refractivity contribution in [1.82, 2.24) is 0 Å². The number of fused-ring (bicyclic) bond motifs is 1. The Hall–Kier alpha value is -1.50. The highest BCUT2D eigenvalue weighted by Gasteiger charge is 2.10. The van der Waals surface area contributed by atoms with Crippen molar-refractivity contribution < 1.29 is 4.42 Å². The third-order valence-electron chi connectivity index (χ3n) is 2.38. The minimum absolute atomic E-state index is 0.754. The second-order valence-corrected chi connectivity index (χ2v) is 3.71. The lowest BCUT2D eigenvalue weighted by Gasteiger charge is -2.01. The average Bonchev–Trinajstić information content (AvgIpc) is 2.43. The van der Waals surface area contributed by atoms with Crippen LogP contribution in [0.2, 0.25) is 0 Å². The summed E-state index contributed by atoms with van der Waals surface area (Å²) < 4.78 is 5.57. The fraction of sp³-hybridized carbons (Fsp3) is 0.231. The highest BCUT2D eigenvalue weighted by Crippen LogP contribution is 2.14. The molecule has 1 nitrogen and oxygen atoms in total. The zero-order valence-corrected chi connectivity index (χ0v) is 8.47. The van der Waals surface area contributed by atoms with Crippen molar-refractivity contribution in [1.29, 1.82) is 0 Å². The standard InChI is InChI=1S/C13H14O/c1-9(2)8-12-10(3)14-13-7-5-4-6-11(12)13/h5,7-8H,1,3-4,6H2,2H3/b12-8+. The summed E-state index contributed by atoms with van der Waals surface area (Å²) in [7, 11) is 0. The molecule has 0 atom stereocenters. The van der Waals surface area contributed by atoms with E-state index < -0.39 is 0 Å². The van der Waals surface area contributed by atoms with E-state index in [9.17, 15) is 0 Å². The zero-order chi connectivity index (χ0) is 10.1. The molecule has 0 radical (unpaired) electrons. The summed E-state index contributed by atoms with van der Waals surface area (Å²) in [6, 6.07) is 0. The molecule has 1 aliphatic rings. The van der Waals surface area contributed by atoms with Gasteiger partial charge in [-0.25, -0.2) is 0 Å². The molecule has 0 aromatic carbocycles. The predicted molar refractivity (Wildman–Crippen MR) is 60.1 cm³/mol. The van der Waals surface area contributed by atoms with Crippen LogP contribution in [0, 0.1) is 0 Å². The summed E-state index contributed by atoms with van der Waals surface area (Å²) in [6.45, 7) is 9.77. The van der Waals surface area contributed by atoms with Crippen LogP contribution >= 0.6 is 0 Å². The maximum atomic E-state index is 5.57. The molecule has 2 rings (SSSR count). The Balaban J connectivity index is 2.72. The SMILES string of the molecule is C=C(C)/C=c1/c2c(oc1=C)C=CCC2. The van der Waals surface area contributed by atoms with Gasteiger partial charge in [-0.2, -0.15) is 0 Å². The number of hydrogen-bond acceptors (Lipinski definition) is 1. The van der Waals surface area contributed by atoms with E-state index in [-0.39, 0.29) is 0 Å². The topological polar surface area (TPSA) is 13.1 Å². The molecule has 1 aromatic heterocycles. The smallest absolute Gasteiger partial charge is 0.131 e. The normalized spacial score (nSPS) is 15.6. The average molecular weight is 186 g/mol. The van der Waals surface area contributed by atoms with E-state index in [0.717, 1.165) is 34.8 Å². The fourth-order valence-corrected chi connectivity index (χ4v) is 1.77. The number of allylic oxidation sites excluding steroid dienone is 2. The van der Waals surface area contributed by atoms with E-state index in [1.807, 2.05) is 19.1 Å². The van der Waals surface area contributed by atoms with Crippen molar-refractivity contribution in [3.63, 3.8) is 0 Å². The van der Waals surface area contributed by atoms with Crippen molar-refractivity contribution in [2.45, 2.75) is 19.8 Å². The van der Waals surface area contributed by atoms with Gasteiger partial charge in [-0.15, -0.1) is 0 Å². The summed E-state index contributed by atoms with van der Waals surface area (Å²) in [5.74, 6) is 0.966. The van der Waals surface area contributed by atoms with Crippen LogP contribution < -0.4 is 10.6 Å². The van der Waals surface area contributed by atoms with Gasteiger partial charge in [0, 0.05) is 10.8 Å². The molecule has 0 spiro atoms. The molecule has 0 N–H and O–H groups in total. The highest BCUT2D eigenvalue weighted by molar-refractivity contribution is 5.55. The van der Waals surface area contributed by atoms with Gasteiger partial charge in [-0.05, 0) is 31.9 Å². The van der Waals surface area contributed by atoms with Gasteiger partial charge in [0.1, 0.15) is 11.2 Å². The molecule has 1 heteroatoms. The third kappa shape index (κ3) is 1.46. The lowest BCUT2D eigenvalue weighted by molar-refractivity contribution is 0.519. The first-order valence-corrected chi connectivity index (χ1v) is 4.83. The van der Waals surface area contributed by atoms with Crippen LogP contribution in [0.25, 0.3) is 18.7 Å². The highest BCUT2D eigenvalue weighted by atomic mass is 16.3. The summed E-state index contributed by atoms with van der Waals surface area (Å²) in [4.78, 5) is 0. The molecule has 0 bridgehead atoms. The van der Waals surface area contributed by atoms with Crippen LogP contribution in [0.5, 0.6) is 0 Å². The molecular weight excluding hydrogens is 172 g/mol. The maximum Gasteiger partial charge on any atom is 0.131 e. The van der Waals surface area contributed by atoms with Crippen molar-refractivity contribution in [2.75, 3.05) is 0 Å². The lowest BCUT2D eigenvalue weighted by atomic mass is 10.0. The van der Waals surface area contributed by atoms with Crippen LogP contribution in [0.4, 0.5) is 0 Å². The monoisotopic (exact) mass is 186 g/mol. The third-order valence-corrected chi connectivity index (χ3v) is 2.38. The molecule has 1 aromatic rings. The van der Waals surface area contributed by atoms with E-state index in [1.54, 1.807) is 0 Å². The Morgan fingerprint density at radius 3 is 3.07 bits per heavy atom. The second-order valence-electron chi connectivity index (χ2n) is 3.71. The van der Waals surface area contributed by atoms with Gasteiger partial charge in [0.25, 0.3) is 0 Å². The van der Waals surface area contributed by atoms with Crippen molar-refractivity contribution >= 4 is 18.7 Å². The Kier molecular flexibility index (Phi) is 2.16. The molecule has 14 heavy (non-hydrogen) atoms. The molecule has 0 amide bonds. The summed E-state index contributed by atoms with van der Waals surface area (Å²) in [5.41, 5.74) is 3.07. The molecule has 0 aliphatic heterocycles. The van der Waals surface area contributed by atoms with E-state index in [4.69, 9.17) is 4.42 Å². The van der Waals surface area contributed by atoms with Crippen LogP contribution in [0.1, 0.15) is 24.7 Å². The minimum atomic E-state index is 0.754. The van der Waals surface area contributed by atoms with Gasteiger partial charge >= 0.3 is 0 Å². The van der Waals surface area contributed by atoms with Gasteiger partial charge in [0.05, 0.1) is 0 Å². The Bertz CT molecular complexity index is 500. The van der Waals surface area contributed by atoms with Crippen LogP contribution in [-0.2, 0) is 6.42 Å². The summed E-state index contributed by atoms with van der Waals surface area (Å²) in [6.07, 6.45) is 8.34. The maximum absolute atomic E-state index is 5.57. The number of rotatable bonds is 1. The first-order chi connectivity index (χ1) is 6.68. The number of hydrogen-bond donors (Lipinski definition) is 0. The van der Waals surface area contributed by atoms with Crippen LogP contribution in [-0.4, -0.2) is 0 Å². The predicted octanol–water partition coefficient (Wildman–Crippen LogP) is 2.01. The van der Waals surface area contributed by atoms with Crippen LogP contribution in [0.15, 0.2) is 22.6 Å². The van der Waals surface area contributed by atoms with E-state index >= 15 is 0 Å². The first kappa shape index (κ1) is 9.07. The molecule has 1 heterocycles. The lowest BCUT2D eigenvalue weighted by Crippen LogP contribution is -2.21. The van der Waals surface area contributed by atoms with E-state index in [0.29, 0.717) is 0 Å². The Morgan fingerprint density at radius 1 is 1.57 bits per heavy atom. The van der Waals surface area contributed by atoms with Crippen molar-refractivity contribution in [3.05, 3.63) is 40.2 Å². The molecular formula is C13H14O. The van der Waals surface area contributed by atoms with E-state index in [2.05, 4.69) is 19.2 Å². The zero-order valence-electron chi connectivity index (χ0n) is 8.47. The Morgan fingerprint density at radius 2 is 2.36 bits per heavy atom. The van der Waals surface area contributed by atoms with Gasteiger partial charge in [-0.1, -0.05) is 24.8 Å². The van der Waals surface area contributed by atoms with Gasteiger partial charge in [0.15, 0.2) is 0 Å². The van der Waals surface area contributed by atoms with Crippen LogP contribution in [0.3, 0.4) is 0 Å². The van der Waals surface area contributed by atoms with Crippen molar-refractivity contribution in [2.24, 2.45) is 0 Å². The first-order valence-electron chi connectivity index (χ1n) is 4.83. The molecule has 1 aliphatic carbocycles. The second kappa shape index (κ2) is 3.33. The molecule has 0 unspecified atom stereocenters. The largest absolute Gasteiger partial charge is 0.457 e. The van der Waals surface area contributed by atoms with Gasteiger partial charge < -0.3 is 4.42 Å². The molecule has 72 valence electrons. The van der Waals surface area contributed by atoms with E-state index in [1.165, 1.54) is 5.56 Å². The molecule has 0 saturated heterocycles. The Labute approximate surface area is 83.7 Å². The minimum Gasteiger partial charge on any atom is -0.457 e. The quantitative estimate of drug-likeness (QED) is 0.654. The summed E-state index contributed by atoms with van der Waals surface area (Å²) in [5, 5.41) is 1.12. The van der Waals surface area contributed by atoms with Gasteiger partial charge in [0.2, 0.25) is 0 Å². The van der Waals surface area contributed by atoms with Gasteiger partial charge in [-0.3, -0.25) is 0 Å². The van der Waals surface area contributed by atoms with Crippen molar-refractivity contribution in [3.8, 4) is 0 Å².